The van der Waals surface area contributed by atoms with Crippen molar-refractivity contribution in [2.45, 2.75) is 59.9 Å². The zero-order chi connectivity index (χ0) is 16.0. The third kappa shape index (κ3) is 6.48. The summed E-state index contributed by atoms with van der Waals surface area (Å²) in [6.07, 6.45) is 3.08. The summed E-state index contributed by atoms with van der Waals surface area (Å²) in [7, 11) is 0. The van der Waals surface area contributed by atoms with Gasteiger partial charge >= 0.3 is 0 Å². The Hall–Kier alpha value is -0.410. The minimum Gasteiger partial charge on any atom is -0.314 e. The molecule has 3 heteroatoms. The topological polar surface area (TPSA) is 12.0 Å². The molecule has 0 saturated heterocycles. The molecule has 0 fully saturated rings. The van der Waals surface area contributed by atoms with E-state index in [1.54, 1.807) is 12.1 Å². The van der Waals surface area contributed by atoms with Gasteiger partial charge < -0.3 is 5.32 Å². The van der Waals surface area contributed by atoms with Gasteiger partial charge in [-0.1, -0.05) is 50.5 Å². The van der Waals surface area contributed by atoms with Gasteiger partial charge in [-0.15, -0.1) is 0 Å². The van der Waals surface area contributed by atoms with E-state index >= 15 is 0 Å². The third-order valence-corrected chi connectivity index (χ3v) is 5.05. The van der Waals surface area contributed by atoms with Crippen molar-refractivity contribution in [3.05, 3.63) is 34.1 Å². The molecule has 0 amide bonds. The Kier molecular flexibility index (Phi) is 7.35. The number of benzene rings is 1. The van der Waals surface area contributed by atoms with Crippen molar-refractivity contribution in [1.82, 2.24) is 5.32 Å². The minimum absolute atomic E-state index is 0.161. The van der Waals surface area contributed by atoms with Crippen LogP contribution in [0.1, 0.15) is 53.0 Å². The van der Waals surface area contributed by atoms with Crippen molar-refractivity contribution in [2.24, 2.45) is 11.3 Å². The molecule has 0 aliphatic heterocycles. The Labute approximate surface area is 137 Å². The van der Waals surface area contributed by atoms with E-state index in [0.717, 1.165) is 35.8 Å². The molecule has 1 N–H and O–H groups in total. The Balaban J connectivity index is 2.80. The average Bonchev–Trinajstić information content (AvgIpc) is 2.39. The van der Waals surface area contributed by atoms with Crippen LogP contribution in [0.4, 0.5) is 4.39 Å². The highest BCUT2D eigenvalue weighted by Gasteiger charge is 2.24. The fourth-order valence-corrected chi connectivity index (χ4v) is 2.74. The van der Waals surface area contributed by atoms with Crippen LogP contribution in [0.5, 0.6) is 0 Å². The first kappa shape index (κ1) is 18.6. The first-order valence-corrected chi connectivity index (χ1v) is 8.70. The van der Waals surface area contributed by atoms with Gasteiger partial charge in [0, 0.05) is 10.5 Å². The predicted molar refractivity (Wildman–Crippen MR) is 93.1 cm³/mol. The summed E-state index contributed by atoms with van der Waals surface area (Å²) in [4.78, 5) is 0. The van der Waals surface area contributed by atoms with Gasteiger partial charge in [-0.05, 0) is 60.9 Å². The first-order chi connectivity index (χ1) is 9.74. The molecular weight excluding hydrogens is 329 g/mol. The molecule has 0 bridgehead atoms. The van der Waals surface area contributed by atoms with E-state index < -0.39 is 0 Å². The molecule has 0 aliphatic rings. The van der Waals surface area contributed by atoms with Gasteiger partial charge in [0.1, 0.15) is 5.82 Å². The second-order valence-corrected chi connectivity index (χ2v) is 7.95. The lowest BCUT2D eigenvalue weighted by Gasteiger charge is -2.31. The average molecular weight is 358 g/mol. The molecule has 2 unspecified atom stereocenters. The summed E-state index contributed by atoms with van der Waals surface area (Å²) in [6.45, 7) is 12.3. The van der Waals surface area contributed by atoms with Crippen molar-refractivity contribution in [3.63, 3.8) is 0 Å². The first-order valence-electron chi connectivity index (χ1n) is 7.91. The standard InChI is InChI=1S/C18H29BrFN/c1-6-9-21-16(10-13(2)18(3,4)5)12-14-11-15(20)7-8-17(14)19/h7-8,11,13,16,21H,6,9-10,12H2,1-5H3. The maximum Gasteiger partial charge on any atom is 0.123 e. The predicted octanol–water partition coefficient (Wildman–Crippen LogP) is 5.57. The van der Waals surface area contributed by atoms with Gasteiger partial charge in [0.15, 0.2) is 0 Å². The normalized spacial score (nSPS) is 15.0. The van der Waals surface area contributed by atoms with Crippen LogP contribution in [0, 0.1) is 17.2 Å². The molecule has 0 radical (unpaired) electrons. The summed E-state index contributed by atoms with van der Waals surface area (Å²) in [5.41, 5.74) is 1.34. The van der Waals surface area contributed by atoms with Crippen molar-refractivity contribution in [1.29, 1.82) is 0 Å². The zero-order valence-electron chi connectivity index (χ0n) is 14.0. The van der Waals surface area contributed by atoms with Gasteiger partial charge in [0.25, 0.3) is 0 Å². The van der Waals surface area contributed by atoms with Crippen LogP contribution in [-0.4, -0.2) is 12.6 Å². The summed E-state index contributed by atoms with van der Waals surface area (Å²) in [5, 5.41) is 3.62. The van der Waals surface area contributed by atoms with Crippen molar-refractivity contribution in [3.8, 4) is 0 Å². The van der Waals surface area contributed by atoms with Crippen LogP contribution in [-0.2, 0) is 6.42 Å². The van der Waals surface area contributed by atoms with Crippen molar-refractivity contribution in [2.75, 3.05) is 6.54 Å². The second-order valence-electron chi connectivity index (χ2n) is 7.09. The number of halogens is 2. The van der Waals surface area contributed by atoms with E-state index in [4.69, 9.17) is 0 Å². The summed E-state index contributed by atoms with van der Waals surface area (Å²) < 4.78 is 14.5. The Bertz CT molecular complexity index is 439. The van der Waals surface area contributed by atoms with Gasteiger partial charge in [0.2, 0.25) is 0 Å². The molecule has 2 atom stereocenters. The molecule has 1 aromatic rings. The smallest absolute Gasteiger partial charge is 0.123 e. The van der Waals surface area contributed by atoms with Gasteiger partial charge in [-0.25, -0.2) is 4.39 Å². The highest BCUT2D eigenvalue weighted by Crippen LogP contribution is 2.30. The fourth-order valence-electron chi connectivity index (χ4n) is 2.33. The summed E-state index contributed by atoms with van der Waals surface area (Å²) in [5.74, 6) is 0.450. The van der Waals surface area contributed by atoms with Crippen LogP contribution in [0.2, 0.25) is 0 Å². The fraction of sp³-hybridized carbons (Fsp3) is 0.667. The van der Waals surface area contributed by atoms with Gasteiger partial charge in [-0.3, -0.25) is 0 Å². The molecule has 0 spiro atoms. The van der Waals surface area contributed by atoms with Gasteiger partial charge in [-0.2, -0.15) is 0 Å². The Morgan fingerprint density at radius 3 is 2.52 bits per heavy atom. The quantitative estimate of drug-likeness (QED) is 0.672. The molecule has 21 heavy (non-hydrogen) atoms. The van der Waals surface area contributed by atoms with Crippen molar-refractivity contribution < 1.29 is 4.39 Å². The Morgan fingerprint density at radius 2 is 1.95 bits per heavy atom. The van der Waals surface area contributed by atoms with Crippen LogP contribution in [0.15, 0.2) is 22.7 Å². The molecular formula is C18H29BrFN. The van der Waals surface area contributed by atoms with Crippen molar-refractivity contribution >= 4 is 15.9 Å². The minimum atomic E-state index is -0.161. The third-order valence-electron chi connectivity index (χ3n) is 4.27. The molecule has 0 saturated carbocycles. The molecule has 120 valence electrons. The molecule has 1 nitrogen and oxygen atoms in total. The number of hydrogen-bond acceptors (Lipinski definition) is 1. The lowest BCUT2D eigenvalue weighted by molar-refractivity contribution is 0.222. The number of nitrogens with one attached hydrogen (secondary N) is 1. The zero-order valence-corrected chi connectivity index (χ0v) is 15.6. The van der Waals surface area contributed by atoms with E-state index in [0.29, 0.717) is 17.4 Å². The monoisotopic (exact) mass is 357 g/mol. The molecule has 1 aromatic carbocycles. The van der Waals surface area contributed by atoms with Crippen LogP contribution < -0.4 is 5.32 Å². The highest BCUT2D eigenvalue weighted by atomic mass is 79.9. The largest absolute Gasteiger partial charge is 0.314 e. The van der Waals surface area contributed by atoms with E-state index in [9.17, 15) is 4.39 Å². The number of rotatable bonds is 7. The van der Waals surface area contributed by atoms with E-state index in [1.165, 1.54) is 6.07 Å². The Morgan fingerprint density at radius 1 is 1.29 bits per heavy atom. The van der Waals surface area contributed by atoms with E-state index in [2.05, 4.69) is 55.9 Å². The number of hydrogen-bond donors (Lipinski definition) is 1. The second kappa shape index (κ2) is 8.28. The maximum atomic E-state index is 13.5. The lowest BCUT2D eigenvalue weighted by Crippen LogP contribution is -2.36. The van der Waals surface area contributed by atoms with Gasteiger partial charge in [0.05, 0.1) is 0 Å². The summed E-state index contributed by atoms with van der Waals surface area (Å²) >= 11 is 3.54. The summed E-state index contributed by atoms with van der Waals surface area (Å²) in [6, 6.07) is 5.33. The van der Waals surface area contributed by atoms with Crippen LogP contribution >= 0.6 is 15.9 Å². The van der Waals surface area contributed by atoms with Crippen LogP contribution in [0.3, 0.4) is 0 Å². The van der Waals surface area contributed by atoms with Crippen LogP contribution in [0.25, 0.3) is 0 Å². The molecule has 0 heterocycles. The molecule has 0 aromatic heterocycles. The maximum absolute atomic E-state index is 13.5. The van der Waals surface area contributed by atoms with E-state index in [-0.39, 0.29) is 5.82 Å². The molecule has 1 rings (SSSR count). The molecule has 0 aliphatic carbocycles. The SMILES string of the molecule is CCCNC(Cc1cc(F)ccc1Br)CC(C)C(C)(C)C. The highest BCUT2D eigenvalue weighted by molar-refractivity contribution is 9.10. The van der Waals surface area contributed by atoms with E-state index in [1.807, 2.05) is 0 Å². The lowest BCUT2D eigenvalue weighted by atomic mass is 9.78.